The molecular formula is C22H21ClN2O3S. The Morgan fingerprint density at radius 3 is 2.69 bits per heavy atom. The van der Waals surface area contributed by atoms with Crippen LogP contribution in [0.25, 0.3) is 10.6 Å². The number of aryl methyl sites for hydroxylation is 1. The van der Waals surface area contributed by atoms with Crippen LogP contribution in [0.15, 0.2) is 47.8 Å². The van der Waals surface area contributed by atoms with Crippen LogP contribution in [0.1, 0.15) is 41.4 Å². The second-order valence-electron chi connectivity index (χ2n) is 6.87. The number of thiazole rings is 1. The molecule has 0 saturated carbocycles. The number of aromatic nitrogens is 1. The van der Waals surface area contributed by atoms with Gasteiger partial charge in [-0.2, -0.15) is 0 Å². The lowest BCUT2D eigenvalue weighted by Crippen LogP contribution is -2.22. The highest BCUT2D eigenvalue weighted by atomic mass is 35.5. The largest absolute Gasteiger partial charge is 0.451 e. The number of rotatable bonds is 6. The van der Waals surface area contributed by atoms with E-state index in [-0.39, 0.29) is 24.1 Å². The molecular weight excluding hydrogens is 408 g/mol. The molecule has 1 amide bonds. The molecule has 1 heterocycles. The standard InChI is InChI=1S/C22H21ClN2O3S/c1-13(2)17-9-4-6-14(3)20(17)25-19(26)11-28-22(27)18-12-29-21(24-18)15-7-5-8-16(23)10-15/h4-10,12-13H,11H2,1-3H3,(H,25,26). The van der Waals surface area contributed by atoms with Crippen LogP contribution >= 0.6 is 22.9 Å². The number of ether oxygens (including phenoxy) is 1. The summed E-state index contributed by atoms with van der Waals surface area (Å²) >= 11 is 7.31. The van der Waals surface area contributed by atoms with Crippen LogP contribution in [0.4, 0.5) is 5.69 Å². The van der Waals surface area contributed by atoms with Gasteiger partial charge in [-0.25, -0.2) is 9.78 Å². The van der Waals surface area contributed by atoms with Crippen molar-refractivity contribution < 1.29 is 14.3 Å². The van der Waals surface area contributed by atoms with Crippen molar-refractivity contribution in [3.05, 3.63) is 69.7 Å². The minimum absolute atomic E-state index is 0.163. The van der Waals surface area contributed by atoms with Gasteiger partial charge in [0.1, 0.15) is 5.01 Å². The van der Waals surface area contributed by atoms with E-state index in [1.54, 1.807) is 17.5 Å². The van der Waals surface area contributed by atoms with E-state index in [0.717, 1.165) is 22.4 Å². The Morgan fingerprint density at radius 1 is 1.21 bits per heavy atom. The van der Waals surface area contributed by atoms with Crippen LogP contribution in [-0.4, -0.2) is 23.5 Å². The molecule has 0 bridgehead atoms. The summed E-state index contributed by atoms with van der Waals surface area (Å²) in [6.07, 6.45) is 0. The van der Waals surface area contributed by atoms with Crippen LogP contribution in [0.3, 0.4) is 0 Å². The Kier molecular flexibility index (Phi) is 6.67. The summed E-state index contributed by atoms with van der Waals surface area (Å²) in [4.78, 5) is 28.9. The molecule has 0 spiro atoms. The number of carbonyl (C=O) groups is 2. The second-order valence-corrected chi connectivity index (χ2v) is 8.16. The van der Waals surface area contributed by atoms with E-state index in [9.17, 15) is 9.59 Å². The molecule has 0 fully saturated rings. The topological polar surface area (TPSA) is 68.3 Å². The average Bonchev–Trinajstić information content (AvgIpc) is 3.18. The predicted octanol–water partition coefficient (Wildman–Crippen LogP) is 5.69. The van der Waals surface area contributed by atoms with E-state index in [4.69, 9.17) is 16.3 Å². The quantitative estimate of drug-likeness (QED) is 0.512. The van der Waals surface area contributed by atoms with Crippen molar-refractivity contribution in [2.45, 2.75) is 26.7 Å². The molecule has 0 atom stereocenters. The normalized spacial score (nSPS) is 10.8. The number of benzene rings is 2. The highest BCUT2D eigenvalue weighted by Gasteiger charge is 2.17. The minimum atomic E-state index is -0.640. The van der Waals surface area contributed by atoms with Gasteiger partial charge in [0.15, 0.2) is 12.3 Å². The lowest BCUT2D eigenvalue weighted by atomic mass is 9.98. The first-order chi connectivity index (χ1) is 13.8. The van der Waals surface area contributed by atoms with E-state index in [0.29, 0.717) is 10.0 Å². The van der Waals surface area contributed by atoms with Crippen molar-refractivity contribution in [1.82, 2.24) is 4.98 Å². The van der Waals surface area contributed by atoms with Crippen molar-refractivity contribution in [3.63, 3.8) is 0 Å². The summed E-state index contributed by atoms with van der Waals surface area (Å²) < 4.78 is 5.14. The van der Waals surface area contributed by atoms with Gasteiger partial charge in [0.25, 0.3) is 5.91 Å². The third-order valence-electron chi connectivity index (χ3n) is 4.31. The zero-order valence-corrected chi connectivity index (χ0v) is 17.9. The third kappa shape index (κ3) is 5.22. The Labute approximate surface area is 178 Å². The van der Waals surface area contributed by atoms with Crippen LogP contribution < -0.4 is 5.32 Å². The van der Waals surface area contributed by atoms with E-state index in [1.165, 1.54) is 11.3 Å². The van der Waals surface area contributed by atoms with Gasteiger partial charge in [-0.1, -0.05) is 55.8 Å². The molecule has 0 aliphatic heterocycles. The predicted molar refractivity (Wildman–Crippen MR) is 117 cm³/mol. The van der Waals surface area contributed by atoms with Gasteiger partial charge in [0.2, 0.25) is 0 Å². The van der Waals surface area contributed by atoms with Gasteiger partial charge in [0.05, 0.1) is 0 Å². The number of anilines is 1. The maximum absolute atomic E-state index is 12.3. The van der Waals surface area contributed by atoms with E-state index in [1.807, 2.05) is 37.3 Å². The van der Waals surface area contributed by atoms with E-state index in [2.05, 4.69) is 24.1 Å². The number of amides is 1. The number of para-hydroxylation sites is 1. The lowest BCUT2D eigenvalue weighted by Gasteiger charge is -2.16. The number of nitrogens with zero attached hydrogens (tertiary/aromatic N) is 1. The summed E-state index contributed by atoms with van der Waals surface area (Å²) in [5.74, 6) is -0.772. The molecule has 0 aliphatic rings. The molecule has 3 rings (SSSR count). The fraction of sp³-hybridized carbons (Fsp3) is 0.227. The van der Waals surface area contributed by atoms with E-state index >= 15 is 0 Å². The summed E-state index contributed by atoms with van der Waals surface area (Å²) in [5.41, 5.74) is 3.74. The maximum atomic E-state index is 12.3. The number of hydrogen-bond donors (Lipinski definition) is 1. The maximum Gasteiger partial charge on any atom is 0.358 e. The van der Waals surface area contributed by atoms with Crippen LogP contribution in [0.2, 0.25) is 5.02 Å². The molecule has 5 nitrogen and oxygen atoms in total. The van der Waals surface area contributed by atoms with Gasteiger partial charge in [0, 0.05) is 21.7 Å². The highest BCUT2D eigenvalue weighted by Crippen LogP contribution is 2.28. The van der Waals surface area contributed by atoms with Gasteiger partial charge in [-0.15, -0.1) is 11.3 Å². The van der Waals surface area contributed by atoms with Crippen molar-refractivity contribution in [2.24, 2.45) is 0 Å². The third-order valence-corrected chi connectivity index (χ3v) is 5.44. The minimum Gasteiger partial charge on any atom is -0.451 e. The molecule has 0 aliphatic carbocycles. The number of carbonyl (C=O) groups excluding carboxylic acids is 2. The zero-order chi connectivity index (χ0) is 21.0. The fourth-order valence-electron chi connectivity index (χ4n) is 2.84. The summed E-state index contributed by atoms with van der Waals surface area (Å²) in [5, 5.41) is 5.71. The zero-order valence-electron chi connectivity index (χ0n) is 16.4. The molecule has 0 saturated heterocycles. The average molecular weight is 429 g/mol. The summed E-state index contributed by atoms with van der Waals surface area (Å²) in [7, 11) is 0. The van der Waals surface area contributed by atoms with Gasteiger partial charge in [-0.3, -0.25) is 4.79 Å². The molecule has 7 heteroatoms. The SMILES string of the molecule is Cc1cccc(C(C)C)c1NC(=O)COC(=O)c1csc(-c2cccc(Cl)c2)n1. The first-order valence-electron chi connectivity index (χ1n) is 9.13. The van der Waals surface area contributed by atoms with Gasteiger partial charge < -0.3 is 10.1 Å². The Hall–Kier alpha value is -2.70. The van der Waals surface area contributed by atoms with E-state index < -0.39 is 5.97 Å². The van der Waals surface area contributed by atoms with Crippen molar-refractivity contribution in [1.29, 1.82) is 0 Å². The van der Waals surface area contributed by atoms with Crippen molar-refractivity contribution >= 4 is 40.5 Å². The fourth-order valence-corrected chi connectivity index (χ4v) is 3.82. The Bertz CT molecular complexity index is 1050. The molecule has 0 unspecified atom stereocenters. The van der Waals surface area contributed by atoms with Gasteiger partial charge in [-0.05, 0) is 36.1 Å². The van der Waals surface area contributed by atoms with Crippen molar-refractivity contribution in [2.75, 3.05) is 11.9 Å². The molecule has 1 aromatic heterocycles. The molecule has 0 radical (unpaired) electrons. The van der Waals surface area contributed by atoms with Crippen LogP contribution in [-0.2, 0) is 9.53 Å². The monoisotopic (exact) mass is 428 g/mol. The number of halogens is 1. The number of nitrogens with one attached hydrogen (secondary N) is 1. The lowest BCUT2D eigenvalue weighted by molar-refractivity contribution is -0.119. The second kappa shape index (κ2) is 9.20. The summed E-state index contributed by atoms with van der Waals surface area (Å²) in [6.45, 7) is 5.67. The molecule has 2 aromatic carbocycles. The van der Waals surface area contributed by atoms with Crippen LogP contribution in [0, 0.1) is 6.92 Å². The highest BCUT2D eigenvalue weighted by molar-refractivity contribution is 7.13. The Balaban J connectivity index is 1.62. The van der Waals surface area contributed by atoms with Crippen molar-refractivity contribution in [3.8, 4) is 10.6 Å². The van der Waals surface area contributed by atoms with Gasteiger partial charge >= 0.3 is 5.97 Å². The molecule has 150 valence electrons. The first-order valence-corrected chi connectivity index (χ1v) is 10.4. The molecule has 1 N–H and O–H groups in total. The number of esters is 1. The Morgan fingerprint density at radius 2 is 1.97 bits per heavy atom. The first kappa shape index (κ1) is 21.0. The van der Waals surface area contributed by atoms with Crippen LogP contribution in [0.5, 0.6) is 0 Å². The smallest absolute Gasteiger partial charge is 0.358 e. The molecule has 3 aromatic rings. The summed E-state index contributed by atoms with van der Waals surface area (Å²) in [6, 6.07) is 13.1. The molecule has 29 heavy (non-hydrogen) atoms. The number of hydrogen-bond acceptors (Lipinski definition) is 5.